The minimum Gasteiger partial charge on any atom is -0.352 e. The molecule has 0 aliphatic carbocycles. The molecule has 1 N–H and O–H groups in total. The molecule has 0 saturated heterocycles. The zero-order valence-corrected chi connectivity index (χ0v) is 11.3. The van der Waals surface area contributed by atoms with Gasteiger partial charge in [0, 0.05) is 12.2 Å². The molecule has 0 unspecified atom stereocenters. The molecule has 4 nitrogen and oxygen atoms in total. The first-order valence-electron chi connectivity index (χ1n) is 6.35. The Morgan fingerprint density at radius 2 is 1.95 bits per heavy atom. The molecule has 0 fully saturated rings. The summed E-state index contributed by atoms with van der Waals surface area (Å²) in [5.41, 5.74) is -2.48. The largest absolute Gasteiger partial charge is 0.421 e. The topological polar surface area (TPSA) is 51.1 Å². The average molecular weight is 290 g/mol. The summed E-state index contributed by atoms with van der Waals surface area (Å²) in [6, 6.07) is 1.77. The van der Waals surface area contributed by atoms with Crippen LogP contribution in [0.5, 0.6) is 0 Å². The van der Waals surface area contributed by atoms with E-state index in [1.807, 2.05) is 13.8 Å². The lowest BCUT2D eigenvalue weighted by atomic mass is 10.2. The van der Waals surface area contributed by atoms with Gasteiger partial charge in [-0.25, -0.2) is 0 Å². The second kappa shape index (κ2) is 6.58. The summed E-state index contributed by atoms with van der Waals surface area (Å²) in [5.74, 6) is -0.472. The Bertz CT molecular complexity index is 519. The van der Waals surface area contributed by atoms with Crippen molar-refractivity contribution in [2.24, 2.45) is 0 Å². The van der Waals surface area contributed by atoms with Crippen molar-refractivity contribution in [3.05, 3.63) is 34.2 Å². The molecule has 1 aromatic heterocycles. The van der Waals surface area contributed by atoms with Gasteiger partial charge in [-0.1, -0.05) is 13.8 Å². The van der Waals surface area contributed by atoms with Gasteiger partial charge in [0.2, 0.25) is 5.91 Å². The molecule has 1 heterocycles. The Morgan fingerprint density at radius 1 is 1.35 bits per heavy atom. The summed E-state index contributed by atoms with van der Waals surface area (Å²) < 4.78 is 38.5. The van der Waals surface area contributed by atoms with E-state index in [0.29, 0.717) is 6.07 Å². The molecule has 112 valence electrons. The normalized spacial score (nSPS) is 11.7. The number of carbonyl (C=O) groups is 1. The van der Waals surface area contributed by atoms with Crippen molar-refractivity contribution in [1.29, 1.82) is 0 Å². The Morgan fingerprint density at radius 3 is 2.45 bits per heavy atom. The van der Waals surface area contributed by atoms with E-state index in [9.17, 15) is 22.8 Å². The van der Waals surface area contributed by atoms with Gasteiger partial charge in [-0.05, 0) is 25.0 Å². The molecule has 0 saturated carbocycles. The highest BCUT2D eigenvalue weighted by Crippen LogP contribution is 2.25. The predicted molar refractivity (Wildman–Crippen MR) is 68.2 cm³/mol. The molecule has 20 heavy (non-hydrogen) atoms. The molecule has 0 aliphatic heterocycles. The van der Waals surface area contributed by atoms with Crippen LogP contribution in [0.1, 0.15) is 32.3 Å². The van der Waals surface area contributed by atoms with E-state index in [0.717, 1.165) is 23.5 Å². The van der Waals surface area contributed by atoms with Gasteiger partial charge in [0.1, 0.15) is 12.1 Å². The Labute approximate surface area is 114 Å². The van der Waals surface area contributed by atoms with Crippen LogP contribution >= 0.6 is 0 Å². The van der Waals surface area contributed by atoms with Crippen molar-refractivity contribution in [2.45, 2.75) is 45.5 Å². The van der Waals surface area contributed by atoms with E-state index < -0.39 is 29.8 Å². The lowest BCUT2D eigenvalue weighted by molar-refractivity contribution is -0.139. The van der Waals surface area contributed by atoms with Crippen molar-refractivity contribution in [3.8, 4) is 0 Å². The van der Waals surface area contributed by atoms with E-state index in [4.69, 9.17) is 0 Å². The quantitative estimate of drug-likeness (QED) is 0.903. The Hall–Kier alpha value is -1.79. The smallest absolute Gasteiger partial charge is 0.352 e. The Kier molecular flexibility index (Phi) is 5.35. The average Bonchev–Trinajstić information content (AvgIpc) is 2.37. The molecular formula is C13H17F3N2O2. The minimum atomic E-state index is -4.72. The molecule has 0 spiro atoms. The summed E-state index contributed by atoms with van der Waals surface area (Å²) >= 11 is 0. The van der Waals surface area contributed by atoms with Gasteiger partial charge in [-0.3, -0.25) is 9.59 Å². The summed E-state index contributed by atoms with van der Waals surface area (Å²) in [4.78, 5) is 23.3. The van der Waals surface area contributed by atoms with Gasteiger partial charge in [-0.2, -0.15) is 13.2 Å². The molecular weight excluding hydrogens is 273 g/mol. The highest BCUT2D eigenvalue weighted by atomic mass is 19.4. The van der Waals surface area contributed by atoms with E-state index in [1.165, 1.54) is 6.20 Å². The summed E-state index contributed by atoms with van der Waals surface area (Å²) in [7, 11) is 0. The molecule has 1 amide bonds. The predicted octanol–water partition coefficient (Wildman–Crippen LogP) is 2.17. The van der Waals surface area contributed by atoms with Crippen LogP contribution in [-0.4, -0.2) is 16.5 Å². The van der Waals surface area contributed by atoms with Crippen LogP contribution in [0.25, 0.3) is 0 Å². The third-order valence-electron chi connectivity index (χ3n) is 2.99. The molecule has 0 aliphatic rings. The van der Waals surface area contributed by atoms with E-state index in [-0.39, 0.29) is 6.04 Å². The zero-order chi connectivity index (χ0) is 15.3. The standard InChI is InChI=1S/C13H17F3N2O2/c1-3-9(4-2)17-11(19)8-18-7-5-6-10(12(18)20)13(14,15)16/h5-7,9H,3-4,8H2,1-2H3,(H,17,19). The lowest BCUT2D eigenvalue weighted by Gasteiger charge is -2.15. The van der Waals surface area contributed by atoms with E-state index in [1.54, 1.807) is 0 Å². The van der Waals surface area contributed by atoms with E-state index >= 15 is 0 Å². The fourth-order valence-electron chi connectivity index (χ4n) is 1.80. The molecule has 0 bridgehead atoms. The maximum absolute atomic E-state index is 12.6. The number of pyridine rings is 1. The van der Waals surface area contributed by atoms with Crippen molar-refractivity contribution in [1.82, 2.24) is 9.88 Å². The number of nitrogens with one attached hydrogen (secondary N) is 1. The number of rotatable bonds is 5. The number of nitrogens with zero attached hydrogens (tertiary/aromatic N) is 1. The lowest BCUT2D eigenvalue weighted by Crippen LogP contribution is -2.39. The van der Waals surface area contributed by atoms with Gasteiger partial charge in [0.15, 0.2) is 0 Å². The third-order valence-corrected chi connectivity index (χ3v) is 2.99. The van der Waals surface area contributed by atoms with Crippen LogP contribution in [0.4, 0.5) is 13.2 Å². The van der Waals surface area contributed by atoms with Gasteiger partial charge in [0.05, 0.1) is 0 Å². The van der Waals surface area contributed by atoms with Crippen LogP contribution in [-0.2, 0) is 17.5 Å². The summed E-state index contributed by atoms with van der Waals surface area (Å²) in [5, 5.41) is 2.67. The van der Waals surface area contributed by atoms with Crippen molar-refractivity contribution >= 4 is 5.91 Å². The number of amides is 1. The molecule has 7 heteroatoms. The summed E-state index contributed by atoms with van der Waals surface area (Å²) in [6.07, 6.45) is -2.10. The highest BCUT2D eigenvalue weighted by molar-refractivity contribution is 5.76. The minimum absolute atomic E-state index is 0.0380. The number of carbonyl (C=O) groups excluding carboxylic acids is 1. The van der Waals surface area contributed by atoms with Crippen molar-refractivity contribution in [3.63, 3.8) is 0 Å². The highest BCUT2D eigenvalue weighted by Gasteiger charge is 2.34. The molecule has 1 rings (SSSR count). The van der Waals surface area contributed by atoms with Gasteiger partial charge < -0.3 is 9.88 Å². The maximum atomic E-state index is 12.6. The first-order chi connectivity index (χ1) is 9.29. The first kappa shape index (κ1) is 16.3. The van der Waals surface area contributed by atoms with Gasteiger partial charge in [-0.15, -0.1) is 0 Å². The zero-order valence-electron chi connectivity index (χ0n) is 11.3. The fraction of sp³-hybridized carbons (Fsp3) is 0.538. The Balaban J connectivity index is 2.89. The monoisotopic (exact) mass is 290 g/mol. The molecule has 1 aromatic rings. The van der Waals surface area contributed by atoms with Crippen molar-refractivity contribution in [2.75, 3.05) is 0 Å². The van der Waals surface area contributed by atoms with Gasteiger partial charge >= 0.3 is 6.18 Å². The van der Waals surface area contributed by atoms with Gasteiger partial charge in [0.25, 0.3) is 5.56 Å². The molecule has 0 atom stereocenters. The second-order valence-corrected chi connectivity index (χ2v) is 4.43. The molecule has 0 aromatic carbocycles. The number of alkyl halides is 3. The first-order valence-corrected chi connectivity index (χ1v) is 6.35. The van der Waals surface area contributed by atoms with Crippen LogP contribution in [0.2, 0.25) is 0 Å². The number of aromatic nitrogens is 1. The van der Waals surface area contributed by atoms with Crippen LogP contribution in [0, 0.1) is 0 Å². The van der Waals surface area contributed by atoms with Crippen LogP contribution < -0.4 is 10.9 Å². The number of hydrogen-bond acceptors (Lipinski definition) is 2. The third kappa shape index (κ3) is 4.11. The van der Waals surface area contributed by atoms with Crippen LogP contribution in [0.15, 0.2) is 23.1 Å². The maximum Gasteiger partial charge on any atom is 0.421 e. The van der Waals surface area contributed by atoms with Crippen LogP contribution in [0.3, 0.4) is 0 Å². The van der Waals surface area contributed by atoms with Crippen molar-refractivity contribution < 1.29 is 18.0 Å². The number of hydrogen-bond donors (Lipinski definition) is 1. The molecule has 0 radical (unpaired) electrons. The SMILES string of the molecule is CCC(CC)NC(=O)Cn1cccc(C(F)(F)F)c1=O. The fourth-order valence-corrected chi connectivity index (χ4v) is 1.80. The second-order valence-electron chi connectivity index (χ2n) is 4.43. The number of halogens is 3. The van der Waals surface area contributed by atoms with E-state index in [2.05, 4.69) is 5.32 Å². The summed E-state index contributed by atoms with van der Waals surface area (Å²) in [6.45, 7) is 3.37.